The minimum atomic E-state index is -1.00. The van der Waals surface area contributed by atoms with Crippen LogP contribution in [0.5, 0.6) is 0 Å². The molecule has 2 aromatic carbocycles. The van der Waals surface area contributed by atoms with Gasteiger partial charge in [-0.2, -0.15) is 0 Å². The number of hydrogen-bond donors (Lipinski definition) is 2. The van der Waals surface area contributed by atoms with Crippen LogP contribution in [0.3, 0.4) is 0 Å². The van der Waals surface area contributed by atoms with E-state index in [1.54, 1.807) is 5.38 Å². The lowest BCUT2D eigenvalue weighted by Gasteiger charge is -2.13. The van der Waals surface area contributed by atoms with Gasteiger partial charge in [-0.3, -0.25) is 0 Å². The molecule has 1 heterocycles. The van der Waals surface area contributed by atoms with Gasteiger partial charge in [0, 0.05) is 27.0 Å². The molecule has 0 aliphatic carbocycles. The first-order valence-electron chi connectivity index (χ1n) is 7.56. The Kier molecular flexibility index (Phi) is 5.82. The summed E-state index contributed by atoms with van der Waals surface area (Å²) < 4.78 is 27.8. The van der Waals surface area contributed by atoms with Gasteiger partial charge in [-0.1, -0.05) is 12.1 Å². The van der Waals surface area contributed by atoms with Crippen LogP contribution in [0.25, 0.3) is 11.3 Å². The van der Waals surface area contributed by atoms with Crippen molar-refractivity contribution in [2.75, 3.05) is 5.32 Å². The van der Waals surface area contributed by atoms with E-state index in [0.29, 0.717) is 16.4 Å². The maximum atomic E-state index is 13.3. The summed E-state index contributed by atoms with van der Waals surface area (Å²) in [6.45, 7) is 0. The number of carbonyl (C=O) groups is 1. The molecule has 8 heteroatoms. The summed E-state index contributed by atoms with van der Waals surface area (Å²) in [4.78, 5) is 15.8. The Hall–Kier alpha value is -2.07. The minimum Gasteiger partial charge on any atom is -0.480 e. The van der Waals surface area contributed by atoms with Crippen LogP contribution in [0.4, 0.5) is 13.9 Å². The molecule has 0 saturated carbocycles. The van der Waals surface area contributed by atoms with Crippen LogP contribution in [0, 0.1) is 15.2 Å². The van der Waals surface area contributed by atoms with Gasteiger partial charge in [0.25, 0.3) is 0 Å². The lowest BCUT2D eigenvalue weighted by Crippen LogP contribution is -2.31. The van der Waals surface area contributed by atoms with Gasteiger partial charge < -0.3 is 10.4 Å². The smallest absolute Gasteiger partial charge is 0.326 e. The molecule has 1 aromatic heterocycles. The fourth-order valence-corrected chi connectivity index (χ4v) is 3.51. The highest BCUT2D eigenvalue weighted by Gasteiger charge is 2.19. The van der Waals surface area contributed by atoms with Gasteiger partial charge in [-0.05, 0) is 52.4 Å². The SMILES string of the molecule is O=C(O)C(Cc1ccc(I)cc1)Nc1nc(-c2cc(F)cc(F)c2)cs1. The second-order valence-electron chi connectivity index (χ2n) is 5.56. The van der Waals surface area contributed by atoms with Crippen LogP contribution >= 0.6 is 33.9 Å². The highest BCUT2D eigenvalue weighted by atomic mass is 127. The molecule has 3 rings (SSSR count). The van der Waals surface area contributed by atoms with Gasteiger partial charge in [0.15, 0.2) is 5.13 Å². The van der Waals surface area contributed by atoms with Crippen LogP contribution in [0.1, 0.15) is 5.56 Å². The number of nitrogens with zero attached hydrogens (tertiary/aromatic N) is 1. The molecule has 3 aromatic rings. The lowest BCUT2D eigenvalue weighted by atomic mass is 10.1. The van der Waals surface area contributed by atoms with Crippen LogP contribution in [0.2, 0.25) is 0 Å². The van der Waals surface area contributed by atoms with E-state index in [4.69, 9.17) is 0 Å². The first-order valence-corrected chi connectivity index (χ1v) is 9.52. The molecule has 0 radical (unpaired) electrons. The number of aliphatic carboxylic acids is 1. The quantitative estimate of drug-likeness (QED) is 0.492. The molecule has 1 unspecified atom stereocenters. The van der Waals surface area contributed by atoms with Gasteiger partial charge in [-0.25, -0.2) is 18.6 Å². The number of benzene rings is 2. The van der Waals surface area contributed by atoms with Crippen LogP contribution < -0.4 is 5.32 Å². The molecule has 26 heavy (non-hydrogen) atoms. The zero-order valence-corrected chi connectivity index (χ0v) is 16.2. The van der Waals surface area contributed by atoms with E-state index in [9.17, 15) is 18.7 Å². The molecule has 4 nitrogen and oxygen atoms in total. The van der Waals surface area contributed by atoms with Gasteiger partial charge in [0.05, 0.1) is 5.69 Å². The Balaban J connectivity index is 1.76. The number of carboxylic acids is 1. The molecule has 1 atom stereocenters. The summed E-state index contributed by atoms with van der Waals surface area (Å²) in [5.74, 6) is -2.38. The number of aromatic nitrogens is 1. The molecule has 0 spiro atoms. The maximum absolute atomic E-state index is 13.3. The van der Waals surface area contributed by atoms with Crippen molar-refractivity contribution in [2.24, 2.45) is 0 Å². The van der Waals surface area contributed by atoms with Crippen molar-refractivity contribution < 1.29 is 18.7 Å². The molecular weight excluding hydrogens is 473 g/mol. The Morgan fingerprint density at radius 3 is 2.46 bits per heavy atom. The number of rotatable bonds is 6. The van der Waals surface area contributed by atoms with E-state index in [1.807, 2.05) is 24.3 Å². The Morgan fingerprint density at radius 1 is 1.19 bits per heavy atom. The van der Waals surface area contributed by atoms with Gasteiger partial charge in [0.2, 0.25) is 0 Å². The van der Waals surface area contributed by atoms with Crippen molar-refractivity contribution in [1.29, 1.82) is 0 Å². The second-order valence-corrected chi connectivity index (χ2v) is 7.67. The Labute approximate surface area is 166 Å². The zero-order chi connectivity index (χ0) is 18.7. The van der Waals surface area contributed by atoms with E-state index in [2.05, 4.69) is 32.9 Å². The largest absolute Gasteiger partial charge is 0.480 e. The lowest BCUT2D eigenvalue weighted by molar-refractivity contribution is -0.137. The van der Waals surface area contributed by atoms with E-state index in [0.717, 1.165) is 15.2 Å². The highest BCUT2D eigenvalue weighted by molar-refractivity contribution is 14.1. The second kappa shape index (κ2) is 8.09. The fourth-order valence-electron chi connectivity index (χ4n) is 2.38. The average Bonchev–Trinajstić information content (AvgIpc) is 3.04. The predicted octanol–water partition coefficient (Wildman–Crippen LogP) is 4.80. The summed E-state index contributed by atoms with van der Waals surface area (Å²) in [6.07, 6.45) is 0.287. The number of carboxylic acid groups (broad SMARTS) is 1. The van der Waals surface area contributed by atoms with E-state index < -0.39 is 23.6 Å². The molecular formula is C18H13F2IN2O2S. The molecule has 0 aliphatic heterocycles. The van der Waals surface area contributed by atoms with Crippen LogP contribution in [-0.2, 0) is 11.2 Å². The van der Waals surface area contributed by atoms with E-state index in [-0.39, 0.29) is 6.42 Å². The predicted molar refractivity (Wildman–Crippen MR) is 105 cm³/mol. The minimum absolute atomic E-state index is 0.287. The number of hydrogen-bond acceptors (Lipinski definition) is 4. The number of anilines is 1. The van der Waals surface area contributed by atoms with Crippen molar-refractivity contribution in [2.45, 2.75) is 12.5 Å². The molecule has 2 N–H and O–H groups in total. The fraction of sp³-hybridized carbons (Fsp3) is 0.111. The number of thiazole rings is 1. The summed E-state index contributed by atoms with van der Waals surface area (Å²) in [7, 11) is 0. The Bertz CT molecular complexity index is 911. The van der Waals surface area contributed by atoms with Gasteiger partial charge >= 0.3 is 5.97 Å². The Morgan fingerprint density at radius 2 is 1.85 bits per heavy atom. The van der Waals surface area contributed by atoms with Crippen LogP contribution in [0.15, 0.2) is 47.8 Å². The van der Waals surface area contributed by atoms with Crippen molar-refractivity contribution in [3.8, 4) is 11.3 Å². The van der Waals surface area contributed by atoms with Crippen molar-refractivity contribution in [3.05, 3.63) is 68.6 Å². The summed E-state index contributed by atoms with van der Waals surface area (Å²) in [6, 6.07) is 9.87. The van der Waals surface area contributed by atoms with Gasteiger partial charge in [-0.15, -0.1) is 11.3 Å². The first-order chi connectivity index (χ1) is 12.4. The maximum Gasteiger partial charge on any atom is 0.326 e. The zero-order valence-electron chi connectivity index (χ0n) is 13.2. The van der Waals surface area contributed by atoms with E-state index >= 15 is 0 Å². The molecule has 0 aliphatic rings. The molecule has 0 saturated heterocycles. The highest BCUT2D eigenvalue weighted by Crippen LogP contribution is 2.27. The summed E-state index contributed by atoms with van der Waals surface area (Å²) in [5, 5.41) is 14.3. The average molecular weight is 486 g/mol. The third-order valence-electron chi connectivity index (χ3n) is 3.61. The summed E-state index contributed by atoms with van der Waals surface area (Å²) in [5.41, 5.74) is 1.57. The van der Waals surface area contributed by atoms with E-state index in [1.165, 1.54) is 23.5 Å². The first kappa shape index (κ1) is 18.7. The number of nitrogens with one attached hydrogen (secondary N) is 1. The van der Waals surface area contributed by atoms with Crippen molar-refractivity contribution in [3.63, 3.8) is 0 Å². The van der Waals surface area contributed by atoms with Crippen molar-refractivity contribution >= 4 is 45.0 Å². The molecule has 0 amide bonds. The normalized spacial score (nSPS) is 12.0. The third kappa shape index (κ3) is 4.76. The molecule has 0 bridgehead atoms. The monoisotopic (exact) mass is 486 g/mol. The molecule has 134 valence electrons. The van der Waals surface area contributed by atoms with Crippen molar-refractivity contribution in [1.82, 2.24) is 4.98 Å². The number of halogens is 3. The topological polar surface area (TPSA) is 62.2 Å². The third-order valence-corrected chi connectivity index (χ3v) is 5.10. The van der Waals surface area contributed by atoms with Crippen LogP contribution in [-0.4, -0.2) is 22.1 Å². The standard InChI is InChI=1S/C18H13F2IN2O2S/c19-12-6-11(7-13(20)8-12)16-9-26-18(23-16)22-15(17(24)25)5-10-1-3-14(21)4-2-10/h1-4,6-9,15H,5H2,(H,22,23)(H,24,25). The molecule has 0 fully saturated rings. The summed E-state index contributed by atoms with van der Waals surface area (Å²) >= 11 is 3.36. The van der Waals surface area contributed by atoms with Gasteiger partial charge in [0.1, 0.15) is 17.7 Å².